The highest BCUT2D eigenvalue weighted by Gasteiger charge is 2.71. The second-order valence-corrected chi connectivity index (χ2v) is 7.13. The van der Waals surface area contributed by atoms with Crippen LogP contribution in [0.1, 0.15) is 39.5 Å². The lowest BCUT2D eigenvalue weighted by atomic mass is 9.46. The maximum Gasteiger partial charge on any atom is 0.326 e. The molecule has 2 heterocycles. The van der Waals surface area contributed by atoms with Gasteiger partial charge in [-0.05, 0) is 25.7 Å². The number of hydrogen-bond donors (Lipinski definition) is 2. The van der Waals surface area contributed by atoms with Crippen LogP contribution in [0.15, 0.2) is 0 Å². The smallest absolute Gasteiger partial charge is 0.326 e. The van der Waals surface area contributed by atoms with Gasteiger partial charge < -0.3 is 20.5 Å². The van der Waals surface area contributed by atoms with Crippen molar-refractivity contribution in [1.82, 2.24) is 4.90 Å². The van der Waals surface area contributed by atoms with Crippen LogP contribution >= 0.6 is 0 Å². The Morgan fingerprint density at radius 2 is 2.00 bits per heavy atom. The van der Waals surface area contributed by atoms with Crippen molar-refractivity contribution in [3.05, 3.63) is 0 Å². The number of carboxylic acids is 1. The molecule has 3 fully saturated rings. The van der Waals surface area contributed by atoms with Crippen LogP contribution < -0.4 is 5.73 Å². The fourth-order valence-corrected chi connectivity index (χ4v) is 4.51. The number of fused-ring (bicyclic) bond motifs is 1. The Labute approximate surface area is 124 Å². The largest absolute Gasteiger partial charge is 0.480 e. The average Bonchev–Trinajstić information content (AvgIpc) is 2.95. The number of likely N-dealkylation sites (tertiary alicyclic amines) is 1. The van der Waals surface area contributed by atoms with Crippen LogP contribution in [0.5, 0.6) is 0 Å². The van der Waals surface area contributed by atoms with E-state index in [2.05, 4.69) is 0 Å². The molecule has 0 spiro atoms. The molecule has 3 aliphatic rings. The van der Waals surface area contributed by atoms with E-state index in [0.29, 0.717) is 13.0 Å². The van der Waals surface area contributed by atoms with Crippen molar-refractivity contribution in [1.29, 1.82) is 0 Å². The first kappa shape index (κ1) is 14.8. The van der Waals surface area contributed by atoms with Gasteiger partial charge in [0.2, 0.25) is 5.91 Å². The molecule has 3 unspecified atom stereocenters. The van der Waals surface area contributed by atoms with Gasteiger partial charge in [-0.15, -0.1) is 0 Å². The summed E-state index contributed by atoms with van der Waals surface area (Å²) < 4.78 is 5.81. The third kappa shape index (κ3) is 1.78. The Morgan fingerprint density at radius 3 is 2.67 bits per heavy atom. The van der Waals surface area contributed by atoms with E-state index in [4.69, 9.17) is 10.5 Å². The van der Waals surface area contributed by atoms with Gasteiger partial charge >= 0.3 is 5.97 Å². The van der Waals surface area contributed by atoms with Gasteiger partial charge in [-0.3, -0.25) is 4.79 Å². The molecule has 0 radical (unpaired) electrons. The molecule has 0 aromatic rings. The first-order valence-corrected chi connectivity index (χ1v) is 7.76. The minimum atomic E-state index is -1.00. The Kier molecular flexibility index (Phi) is 3.29. The van der Waals surface area contributed by atoms with E-state index in [0.717, 1.165) is 25.9 Å². The summed E-state index contributed by atoms with van der Waals surface area (Å²) in [7, 11) is 0. The average molecular weight is 296 g/mol. The highest BCUT2D eigenvalue weighted by atomic mass is 16.5. The third-order valence-corrected chi connectivity index (χ3v) is 5.84. The Balaban J connectivity index is 1.87. The minimum Gasteiger partial charge on any atom is -0.480 e. The van der Waals surface area contributed by atoms with Crippen molar-refractivity contribution in [2.75, 3.05) is 13.2 Å². The van der Waals surface area contributed by atoms with Crippen molar-refractivity contribution in [2.45, 2.75) is 57.2 Å². The molecule has 118 valence electrons. The first-order valence-electron chi connectivity index (χ1n) is 7.76. The molecule has 1 saturated carbocycles. The zero-order chi connectivity index (χ0) is 15.4. The number of nitrogens with two attached hydrogens (primary N) is 1. The van der Waals surface area contributed by atoms with E-state index in [-0.39, 0.29) is 17.9 Å². The number of carboxylic acid groups (broad SMARTS) is 1. The number of amides is 1. The lowest BCUT2D eigenvalue weighted by Crippen LogP contribution is -2.82. The number of aliphatic carboxylic acids is 1. The van der Waals surface area contributed by atoms with E-state index in [1.54, 1.807) is 0 Å². The fraction of sp³-hybridized carbons (Fsp3) is 0.867. The highest BCUT2D eigenvalue weighted by molar-refractivity contribution is 5.93. The molecule has 1 amide bonds. The van der Waals surface area contributed by atoms with Crippen LogP contribution in [0.25, 0.3) is 0 Å². The molecule has 1 aliphatic carbocycles. The predicted molar refractivity (Wildman–Crippen MR) is 75.5 cm³/mol. The molecule has 6 nitrogen and oxygen atoms in total. The second-order valence-electron chi connectivity index (χ2n) is 7.13. The first-order chi connectivity index (χ1) is 9.81. The number of rotatable bonds is 2. The molecular formula is C15H24N2O4. The molecule has 0 aromatic carbocycles. The van der Waals surface area contributed by atoms with Crippen molar-refractivity contribution < 1.29 is 19.4 Å². The molecule has 2 saturated heterocycles. The van der Waals surface area contributed by atoms with E-state index in [1.165, 1.54) is 4.90 Å². The van der Waals surface area contributed by atoms with E-state index < -0.39 is 23.0 Å². The van der Waals surface area contributed by atoms with Gasteiger partial charge in [0.25, 0.3) is 0 Å². The summed E-state index contributed by atoms with van der Waals surface area (Å²) >= 11 is 0. The zero-order valence-corrected chi connectivity index (χ0v) is 12.7. The summed E-state index contributed by atoms with van der Waals surface area (Å²) in [5, 5.41) is 9.29. The summed E-state index contributed by atoms with van der Waals surface area (Å²) in [6.07, 6.45) is 3.03. The maximum atomic E-state index is 13.0. The van der Waals surface area contributed by atoms with Gasteiger partial charge in [-0.2, -0.15) is 0 Å². The van der Waals surface area contributed by atoms with Crippen molar-refractivity contribution in [3.63, 3.8) is 0 Å². The summed E-state index contributed by atoms with van der Waals surface area (Å²) in [5.41, 5.74) is 5.10. The van der Waals surface area contributed by atoms with Gasteiger partial charge in [0, 0.05) is 24.5 Å². The van der Waals surface area contributed by atoms with E-state index >= 15 is 0 Å². The molecule has 6 heteroatoms. The van der Waals surface area contributed by atoms with Crippen molar-refractivity contribution in [2.24, 2.45) is 17.1 Å². The second kappa shape index (κ2) is 4.68. The summed E-state index contributed by atoms with van der Waals surface area (Å²) in [6.45, 7) is 5.13. The predicted octanol–water partition coefficient (Wildman–Crippen LogP) is 0.595. The molecule has 2 aliphatic heterocycles. The zero-order valence-electron chi connectivity index (χ0n) is 12.7. The Morgan fingerprint density at radius 1 is 1.29 bits per heavy atom. The van der Waals surface area contributed by atoms with Gasteiger partial charge in [0.05, 0.1) is 6.10 Å². The molecule has 4 atom stereocenters. The Bertz CT molecular complexity index is 478. The lowest BCUT2D eigenvalue weighted by Gasteiger charge is -2.65. The number of nitrogens with zero attached hydrogens (tertiary/aromatic N) is 1. The molecule has 3 rings (SSSR count). The van der Waals surface area contributed by atoms with Gasteiger partial charge in [0.1, 0.15) is 11.6 Å². The van der Waals surface area contributed by atoms with Gasteiger partial charge in [-0.1, -0.05) is 13.8 Å². The molecule has 21 heavy (non-hydrogen) atoms. The Hall–Kier alpha value is -1.14. The molecule has 3 N–H and O–H groups in total. The lowest BCUT2D eigenvalue weighted by molar-refractivity contribution is -0.230. The molecule has 0 bridgehead atoms. The van der Waals surface area contributed by atoms with Crippen LogP contribution in [0.3, 0.4) is 0 Å². The quantitative estimate of drug-likeness (QED) is 0.778. The number of carbonyl (C=O) groups is 2. The van der Waals surface area contributed by atoms with Crippen molar-refractivity contribution >= 4 is 11.9 Å². The minimum absolute atomic E-state index is 0.00351. The van der Waals surface area contributed by atoms with Crippen molar-refractivity contribution in [3.8, 4) is 0 Å². The highest BCUT2D eigenvalue weighted by Crippen LogP contribution is 2.58. The molecule has 0 aromatic heterocycles. The summed E-state index contributed by atoms with van der Waals surface area (Å²) in [6, 6.07) is -0.725. The summed E-state index contributed by atoms with van der Waals surface area (Å²) in [5.74, 6) is -1.13. The number of ether oxygens (including phenoxy) is 1. The molecular weight excluding hydrogens is 272 g/mol. The normalized spacial score (nSPS) is 41.3. The van der Waals surface area contributed by atoms with Gasteiger partial charge in [0.15, 0.2) is 0 Å². The van der Waals surface area contributed by atoms with Crippen LogP contribution in [0.2, 0.25) is 0 Å². The topological polar surface area (TPSA) is 92.9 Å². The van der Waals surface area contributed by atoms with Crippen LogP contribution in [0, 0.1) is 11.3 Å². The number of carbonyl (C=O) groups excluding carboxylic acids is 1. The van der Waals surface area contributed by atoms with Crippen LogP contribution in [-0.4, -0.2) is 52.7 Å². The monoisotopic (exact) mass is 296 g/mol. The van der Waals surface area contributed by atoms with Gasteiger partial charge in [-0.25, -0.2) is 4.79 Å². The summed E-state index contributed by atoms with van der Waals surface area (Å²) in [4.78, 5) is 25.8. The van der Waals surface area contributed by atoms with E-state index in [9.17, 15) is 14.7 Å². The fourth-order valence-electron chi connectivity index (χ4n) is 4.51. The standard InChI is InChI=1S/C15H24N2O4/c1-14(2)11-9(5-4-8-21-11)15(14,16)13(20)17-7-3-6-10(17)12(18)19/h9-11H,3-8,16H2,1-2H3,(H,18,19)/t9?,10-,11?,15?/m0/s1. The van der Waals surface area contributed by atoms with E-state index in [1.807, 2.05) is 13.8 Å². The number of hydrogen-bond acceptors (Lipinski definition) is 4. The van der Waals surface area contributed by atoms with Crippen LogP contribution in [0.4, 0.5) is 0 Å². The third-order valence-electron chi connectivity index (χ3n) is 5.84. The maximum absolute atomic E-state index is 13.0. The van der Waals surface area contributed by atoms with Crippen LogP contribution in [-0.2, 0) is 14.3 Å². The SMILES string of the molecule is CC1(C)C2OCCCC2C1(N)C(=O)N1CCC[C@H]1C(=O)O.